The summed E-state index contributed by atoms with van der Waals surface area (Å²) in [6.45, 7) is 2.16. The molecule has 0 radical (unpaired) electrons. The third-order valence-corrected chi connectivity index (χ3v) is 3.76. The predicted octanol–water partition coefficient (Wildman–Crippen LogP) is 2.39. The fourth-order valence-corrected chi connectivity index (χ4v) is 2.53. The van der Waals surface area contributed by atoms with Gasteiger partial charge in [0.05, 0.1) is 13.0 Å². The highest BCUT2D eigenvalue weighted by molar-refractivity contribution is 6.31. The van der Waals surface area contributed by atoms with Crippen molar-refractivity contribution in [3.63, 3.8) is 0 Å². The first kappa shape index (κ1) is 17.1. The smallest absolute Gasteiger partial charge is 0.224 e. The van der Waals surface area contributed by atoms with E-state index < -0.39 is 0 Å². The number of piperidine rings is 1. The Labute approximate surface area is 130 Å². The van der Waals surface area contributed by atoms with Crippen LogP contribution in [0.25, 0.3) is 0 Å². The molecule has 1 aliphatic rings. The number of nitrogens with one attached hydrogen (secondary N) is 2. The van der Waals surface area contributed by atoms with Gasteiger partial charge in [-0.3, -0.25) is 4.79 Å². The Kier molecular flexibility index (Phi) is 7.13. The molecule has 2 N–H and O–H groups in total. The van der Waals surface area contributed by atoms with E-state index in [4.69, 9.17) is 16.3 Å². The molecule has 1 aliphatic heterocycles. The second-order valence-electron chi connectivity index (χ2n) is 4.68. The number of methoxy groups -OCH3 is 1. The molecule has 1 heterocycles. The van der Waals surface area contributed by atoms with E-state index in [9.17, 15) is 4.79 Å². The van der Waals surface area contributed by atoms with Crippen LogP contribution in [0.4, 0.5) is 0 Å². The van der Waals surface area contributed by atoms with Gasteiger partial charge in [-0.05, 0) is 31.5 Å². The van der Waals surface area contributed by atoms with E-state index in [-0.39, 0.29) is 24.2 Å². The first-order valence-corrected chi connectivity index (χ1v) is 6.90. The monoisotopic (exact) mass is 318 g/mol. The molecule has 1 saturated heterocycles. The van der Waals surface area contributed by atoms with Crippen LogP contribution in [0.3, 0.4) is 0 Å². The summed E-state index contributed by atoms with van der Waals surface area (Å²) in [4.78, 5) is 12.0. The number of halogens is 2. The van der Waals surface area contributed by atoms with Gasteiger partial charge in [0, 0.05) is 23.7 Å². The number of carbonyl (C=O) groups is 1. The first-order chi connectivity index (χ1) is 9.22. The molecular weight excluding hydrogens is 299 g/mol. The minimum absolute atomic E-state index is 0. The fraction of sp³-hybridized carbons (Fsp3) is 0.500. The van der Waals surface area contributed by atoms with Gasteiger partial charge in [-0.15, -0.1) is 12.4 Å². The van der Waals surface area contributed by atoms with Gasteiger partial charge < -0.3 is 15.4 Å². The third-order valence-electron chi connectivity index (χ3n) is 3.40. The van der Waals surface area contributed by atoms with E-state index in [0.29, 0.717) is 17.3 Å². The zero-order valence-electron chi connectivity index (χ0n) is 11.4. The second-order valence-corrected chi connectivity index (χ2v) is 5.09. The van der Waals surface area contributed by atoms with E-state index in [1.54, 1.807) is 13.2 Å². The van der Waals surface area contributed by atoms with Crippen LogP contribution in [0.15, 0.2) is 18.2 Å². The van der Waals surface area contributed by atoms with Crippen molar-refractivity contribution in [1.29, 1.82) is 0 Å². The molecule has 1 fully saturated rings. The molecule has 1 atom stereocenters. The van der Waals surface area contributed by atoms with Gasteiger partial charge in [-0.2, -0.15) is 0 Å². The number of hydrogen-bond donors (Lipinski definition) is 2. The van der Waals surface area contributed by atoms with Crippen LogP contribution < -0.4 is 15.4 Å². The van der Waals surface area contributed by atoms with E-state index in [0.717, 1.165) is 31.5 Å². The summed E-state index contributed by atoms with van der Waals surface area (Å²) < 4.78 is 5.26. The summed E-state index contributed by atoms with van der Waals surface area (Å²) in [6, 6.07) is 5.47. The second kappa shape index (κ2) is 8.35. The molecule has 20 heavy (non-hydrogen) atoms. The van der Waals surface area contributed by atoms with Crippen LogP contribution in [-0.4, -0.2) is 26.1 Å². The number of amides is 1. The Hall–Kier alpha value is -0.970. The molecule has 0 aliphatic carbocycles. The average molecular weight is 319 g/mol. The number of hydrogen-bond acceptors (Lipinski definition) is 3. The first-order valence-electron chi connectivity index (χ1n) is 6.52. The molecule has 1 aromatic rings. The molecule has 0 saturated carbocycles. The summed E-state index contributed by atoms with van der Waals surface area (Å²) >= 11 is 6.13. The molecule has 1 aromatic carbocycles. The van der Waals surface area contributed by atoms with Crippen molar-refractivity contribution >= 4 is 29.9 Å². The minimum Gasteiger partial charge on any atom is -0.496 e. The summed E-state index contributed by atoms with van der Waals surface area (Å²) in [6.07, 6.45) is 1.99. The SMILES string of the molecule is COc1cccc(Cl)c1CNC(=O)[C@@H]1CCCNC1.Cl. The van der Waals surface area contributed by atoms with Crippen LogP contribution in [0.1, 0.15) is 18.4 Å². The van der Waals surface area contributed by atoms with Crippen molar-refractivity contribution in [2.75, 3.05) is 20.2 Å². The Morgan fingerprint density at radius 2 is 2.35 bits per heavy atom. The number of carbonyl (C=O) groups excluding carboxylic acids is 1. The largest absolute Gasteiger partial charge is 0.496 e. The third kappa shape index (κ3) is 4.27. The van der Waals surface area contributed by atoms with Gasteiger partial charge in [-0.25, -0.2) is 0 Å². The van der Waals surface area contributed by atoms with Gasteiger partial charge in [0.15, 0.2) is 0 Å². The standard InChI is InChI=1S/C14H19ClN2O2.ClH/c1-19-13-6-2-5-12(15)11(13)9-17-14(18)10-4-3-7-16-8-10;/h2,5-6,10,16H,3-4,7-9H2,1H3,(H,17,18);1H/t10-;/m1./s1. The molecule has 0 bridgehead atoms. The lowest BCUT2D eigenvalue weighted by molar-refractivity contribution is -0.125. The minimum atomic E-state index is 0. The predicted molar refractivity (Wildman–Crippen MR) is 82.7 cm³/mol. The summed E-state index contributed by atoms with van der Waals surface area (Å²) in [5, 5.41) is 6.79. The molecule has 6 heteroatoms. The number of benzene rings is 1. The Balaban J connectivity index is 0.00000200. The maximum atomic E-state index is 12.0. The Morgan fingerprint density at radius 3 is 3.00 bits per heavy atom. The molecule has 0 spiro atoms. The van der Waals surface area contributed by atoms with Gasteiger partial charge in [0.25, 0.3) is 0 Å². The van der Waals surface area contributed by atoms with E-state index >= 15 is 0 Å². The fourth-order valence-electron chi connectivity index (χ4n) is 2.30. The van der Waals surface area contributed by atoms with Crippen LogP contribution in [0, 0.1) is 5.92 Å². The van der Waals surface area contributed by atoms with Gasteiger partial charge in [0.1, 0.15) is 5.75 Å². The highest BCUT2D eigenvalue weighted by Gasteiger charge is 2.21. The topological polar surface area (TPSA) is 50.4 Å². The molecular formula is C14H20Cl2N2O2. The molecule has 4 nitrogen and oxygen atoms in total. The molecule has 0 aromatic heterocycles. The molecule has 0 unspecified atom stereocenters. The molecule has 1 amide bonds. The van der Waals surface area contributed by atoms with Crippen LogP contribution in [-0.2, 0) is 11.3 Å². The van der Waals surface area contributed by atoms with Crippen molar-refractivity contribution in [2.24, 2.45) is 5.92 Å². The van der Waals surface area contributed by atoms with Crippen LogP contribution >= 0.6 is 24.0 Å². The van der Waals surface area contributed by atoms with Crippen molar-refractivity contribution in [1.82, 2.24) is 10.6 Å². The Bertz CT molecular complexity index is 449. The average Bonchev–Trinajstić information content (AvgIpc) is 2.46. The summed E-state index contributed by atoms with van der Waals surface area (Å²) in [7, 11) is 1.60. The number of ether oxygens (including phenoxy) is 1. The van der Waals surface area contributed by atoms with E-state index in [1.165, 1.54) is 0 Å². The zero-order valence-corrected chi connectivity index (χ0v) is 13.0. The highest BCUT2D eigenvalue weighted by atomic mass is 35.5. The lowest BCUT2D eigenvalue weighted by Crippen LogP contribution is -2.40. The van der Waals surface area contributed by atoms with Crippen molar-refractivity contribution < 1.29 is 9.53 Å². The summed E-state index contributed by atoms with van der Waals surface area (Å²) in [5.74, 6) is 0.839. The highest BCUT2D eigenvalue weighted by Crippen LogP contribution is 2.26. The Morgan fingerprint density at radius 1 is 1.55 bits per heavy atom. The van der Waals surface area contributed by atoms with Crippen LogP contribution in [0.5, 0.6) is 5.75 Å². The summed E-state index contributed by atoms with van der Waals surface area (Å²) in [5.41, 5.74) is 0.823. The maximum Gasteiger partial charge on any atom is 0.224 e. The van der Waals surface area contributed by atoms with Crippen molar-refractivity contribution in [2.45, 2.75) is 19.4 Å². The molecule has 2 rings (SSSR count). The number of rotatable bonds is 4. The molecule has 112 valence electrons. The van der Waals surface area contributed by atoms with Gasteiger partial charge in [-0.1, -0.05) is 17.7 Å². The quantitative estimate of drug-likeness (QED) is 0.896. The van der Waals surface area contributed by atoms with Crippen LogP contribution in [0.2, 0.25) is 5.02 Å². The lowest BCUT2D eigenvalue weighted by atomic mass is 9.99. The zero-order chi connectivity index (χ0) is 13.7. The lowest BCUT2D eigenvalue weighted by Gasteiger charge is -2.22. The van der Waals surface area contributed by atoms with E-state index in [1.807, 2.05) is 12.1 Å². The van der Waals surface area contributed by atoms with Crippen molar-refractivity contribution in [3.05, 3.63) is 28.8 Å². The normalized spacial score (nSPS) is 18.0. The van der Waals surface area contributed by atoms with Gasteiger partial charge >= 0.3 is 0 Å². The van der Waals surface area contributed by atoms with Gasteiger partial charge in [0.2, 0.25) is 5.91 Å². The van der Waals surface area contributed by atoms with Crippen molar-refractivity contribution in [3.8, 4) is 5.75 Å². The maximum absolute atomic E-state index is 12.0. The van der Waals surface area contributed by atoms with E-state index in [2.05, 4.69) is 10.6 Å².